The van der Waals surface area contributed by atoms with Crippen LogP contribution in [0.2, 0.25) is 0 Å². The van der Waals surface area contributed by atoms with Gasteiger partial charge in [0.05, 0.1) is 6.04 Å². The van der Waals surface area contributed by atoms with Crippen LogP contribution in [0.1, 0.15) is 49.9 Å². The van der Waals surface area contributed by atoms with E-state index in [1.165, 1.54) is 30.6 Å². The fraction of sp³-hybridized carbons (Fsp3) is 0.667. The molecule has 1 amide bonds. The third-order valence-corrected chi connectivity index (χ3v) is 4.93. The lowest BCUT2D eigenvalue weighted by Gasteiger charge is -2.24. The molecule has 1 aliphatic rings. The molecule has 1 saturated carbocycles. The normalized spacial score (nSPS) is 19.3. The molecule has 1 aromatic heterocycles. The first-order valence-electron chi connectivity index (χ1n) is 7.23. The molecule has 0 saturated heterocycles. The number of thiophene rings is 1. The molecule has 2 rings (SSSR count). The van der Waals surface area contributed by atoms with Gasteiger partial charge in [0.25, 0.3) is 0 Å². The summed E-state index contributed by atoms with van der Waals surface area (Å²) in [6.07, 6.45) is 5.58. The van der Waals surface area contributed by atoms with E-state index >= 15 is 0 Å². The Morgan fingerprint density at radius 2 is 2.26 bits per heavy atom. The highest BCUT2D eigenvalue weighted by Gasteiger charge is 2.28. The van der Waals surface area contributed by atoms with Gasteiger partial charge in [0.1, 0.15) is 0 Å². The summed E-state index contributed by atoms with van der Waals surface area (Å²) in [5.41, 5.74) is 5.59. The topological polar surface area (TPSA) is 55.1 Å². The summed E-state index contributed by atoms with van der Waals surface area (Å²) in [5, 5.41) is 5.33. The molecule has 0 radical (unpaired) electrons. The Morgan fingerprint density at radius 1 is 1.53 bits per heavy atom. The Labute approximate surface area is 119 Å². The van der Waals surface area contributed by atoms with Crippen molar-refractivity contribution in [2.75, 3.05) is 6.54 Å². The predicted molar refractivity (Wildman–Crippen MR) is 80.0 cm³/mol. The molecule has 1 fully saturated rings. The molecule has 1 aromatic rings. The van der Waals surface area contributed by atoms with Crippen LogP contribution in [0, 0.1) is 11.8 Å². The minimum Gasteiger partial charge on any atom is -0.348 e. The third-order valence-electron chi connectivity index (χ3n) is 3.97. The highest BCUT2D eigenvalue weighted by molar-refractivity contribution is 7.10. The zero-order valence-electron chi connectivity index (χ0n) is 11.6. The van der Waals surface area contributed by atoms with E-state index < -0.39 is 0 Å². The van der Waals surface area contributed by atoms with Crippen molar-refractivity contribution in [1.29, 1.82) is 0 Å². The average Bonchev–Trinajstić information content (AvgIpc) is 3.08. The van der Waals surface area contributed by atoms with Gasteiger partial charge in [-0.25, -0.2) is 0 Å². The minimum absolute atomic E-state index is 0.142. The molecule has 0 spiro atoms. The van der Waals surface area contributed by atoms with Gasteiger partial charge in [0.15, 0.2) is 0 Å². The Kier molecular flexibility index (Phi) is 5.40. The summed E-state index contributed by atoms with van der Waals surface area (Å²) in [4.78, 5) is 13.4. The van der Waals surface area contributed by atoms with Crippen LogP contribution in [-0.2, 0) is 4.79 Å². The molecule has 1 aliphatic carbocycles. The number of nitrogens with one attached hydrogen (secondary N) is 1. The van der Waals surface area contributed by atoms with Crippen LogP contribution in [0.5, 0.6) is 0 Å². The SMILES string of the molecule is CC(CN)CC(=O)NC(c1cccs1)C1CCCC1. The summed E-state index contributed by atoms with van der Waals surface area (Å²) in [7, 11) is 0. The molecule has 106 valence electrons. The Bertz CT molecular complexity index is 385. The first-order valence-corrected chi connectivity index (χ1v) is 8.11. The summed E-state index contributed by atoms with van der Waals surface area (Å²) in [5.74, 6) is 1.01. The van der Waals surface area contributed by atoms with Crippen LogP contribution < -0.4 is 11.1 Å². The van der Waals surface area contributed by atoms with E-state index in [2.05, 4.69) is 22.8 Å². The monoisotopic (exact) mass is 280 g/mol. The molecule has 19 heavy (non-hydrogen) atoms. The number of hydrogen-bond donors (Lipinski definition) is 2. The molecule has 4 heteroatoms. The van der Waals surface area contributed by atoms with E-state index in [0.29, 0.717) is 18.9 Å². The zero-order chi connectivity index (χ0) is 13.7. The van der Waals surface area contributed by atoms with Crippen LogP contribution >= 0.6 is 11.3 Å². The van der Waals surface area contributed by atoms with E-state index in [9.17, 15) is 4.79 Å². The van der Waals surface area contributed by atoms with Gasteiger partial charge in [0.2, 0.25) is 5.91 Å². The van der Waals surface area contributed by atoms with Crippen molar-refractivity contribution in [2.24, 2.45) is 17.6 Å². The lowest BCUT2D eigenvalue weighted by molar-refractivity contribution is -0.123. The van der Waals surface area contributed by atoms with Gasteiger partial charge in [-0.1, -0.05) is 25.8 Å². The van der Waals surface area contributed by atoms with E-state index in [0.717, 1.165) is 0 Å². The summed E-state index contributed by atoms with van der Waals surface area (Å²) in [6, 6.07) is 4.41. The van der Waals surface area contributed by atoms with Crippen LogP contribution in [0.3, 0.4) is 0 Å². The van der Waals surface area contributed by atoms with Crippen molar-refractivity contribution in [1.82, 2.24) is 5.32 Å². The Balaban J connectivity index is 1.99. The maximum atomic E-state index is 12.1. The van der Waals surface area contributed by atoms with E-state index in [1.807, 2.05) is 6.92 Å². The molecule has 0 bridgehead atoms. The maximum absolute atomic E-state index is 12.1. The Morgan fingerprint density at radius 3 is 2.84 bits per heavy atom. The third kappa shape index (κ3) is 4.05. The number of amides is 1. The fourth-order valence-electron chi connectivity index (χ4n) is 2.81. The van der Waals surface area contributed by atoms with Crippen molar-refractivity contribution in [3.8, 4) is 0 Å². The lowest BCUT2D eigenvalue weighted by Crippen LogP contribution is -2.33. The van der Waals surface area contributed by atoms with Crippen molar-refractivity contribution in [2.45, 2.75) is 45.1 Å². The summed E-state index contributed by atoms with van der Waals surface area (Å²) < 4.78 is 0. The Hall–Kier alpha value is -0.870. The van der Waals surface area contributed by atoms with Gasteiger partial charge in [-0.05, 0) is 42.7 Å². The first-order chi connectivity index (χ1) is 9.20. The molecule has 2 unspecified atom stereocenters. The van der Waals surface area contributed by atoms with Gasteiger partial charge in [-0.2, -0.15) is 0 Å². The van der Waals surface area contributed by atoms with Gasteiger partial charge >= 0.3 is 0 Å². The van der Waals surface area contributed by atoms with E-state index in [4.69, 9.17) is 5.73 Å². The maximum Gasteiger partial charge on any atom is 0.220 e. The van der Waals surface area contributed by atoms with Crippen molar-refractivity contribution < 1.29 is 4.79 Å². The van der Waals surface area contributed by atoms with Gasteiger partial charge in [-0.3, -0.25) is 4.79 Å². The fourth-order valence-corrected chi connectivity index (χ4v) is 3.68. The van der Waals surface area contributed by atoms with Gasteiger partial charge in [-0.15, -0.1) is 11.3 Å². The standard InChI is InChI=1S/C15H24N2OS/c1-11(10-16)9-14(18)17-15(12-5-2-3-6-12)13-7-4-8-19-13/h4,7-8,11-12,15H,2-3,5-6,9-10,16H2,1H3,(H,17,18). The zero-order valence-corrected chi connectivity index (χ0v) is 12.4. The van der Waals surface area contributed by atoms with E-state index in [1.54, 1.807) is 11.3 Å². The largest absolute Gasteiger partial charge is 0.348 e. The van der Waals surface area contributed by atoms with Crippen LogP contribution in [0.25, 0.3) is 0 Å². The molecule has 2 atom stereocenters. The van der Waals surface area contributed by atoms with Crippen molar-refractivity contribution in [3.05, 3.63) is 22.4 Å². The second kappa shape index (κ2) is 7.06. The summed E-state index contributed by atoms with van der Waals surface area (Å²) >= 11 is 1.75. The first kappa shape index (κ1) is 14.5. The number of carbonyl (C=O) groups is 1. The predicted octanol–water partition coefficient (Wildman–Crippen LogP) is 3.08. The van der Waals surface area contributed by atoms with Crippen LogP contribution in [-0.4, -0.2) is 12.5 Å². The molecular formula is C15H24N2OS. The van der Waals surface area contributed by atoms with Gasteiger partial charge < -0.3 is 11.1 Å². The molecule has 0 aliphatic heterocycles. The van der Waals surface area contributed by atoms with Crippen molar-refractivity contribution in [3.63, 3.8) is 0 Å². The number of nitrogens with two attached hydrogens (primary N) is 1. The molecule has 1 heterocycles. The summed E-state index contributed by atoms with van der Waals surface area (Å²) in [6.45, 7) is 2.59. The molecule has 3 nitrogen and oxygen atoms in total. The second-order valence-electron chi connectivity index (χ2n) is 5.65. The molecule has 0 aromatic carbocycles. The number of rotatable bonds is 6. The molecule has 3 N–H and O–H groups in total. The second-order valence-corrected chi connectivity index (χ2v) is 6.63. The van der Waals surface area contributed by atoms with Gasteiger partial charge in [0, 0.05) is 11.3 Å². The lowest BCUT2D eigenvalue weighted by atomic mass is 9.96. The van der Waals surface area contributed by atoms with Crippen molar-refractivity contribution >= 4 is 17.2 Å². The van der Waals surface area contributed by atoms with E-state index in [-0.39, 0.29) is 17.9 Å². The number of carbonyl (C=O) groups excluding carboxylic acids is 1. The highest BCUT2D eigenvalue weighted by Crippen LogP contribution is 2.37. The quantitative estimate of drug-likeness (QED) is 0.841. The number of hydrogen-bond acceptors (Lipinski definition) is 3. The van der Waals surface area contributed by atoms with Crippen LogP contribution in [0.15, 0.2) is 17.5 Å². The highest BCUT2D eigenvalue weighted by atomic mass is 32.1. The average molecular weight is 280 g/mol. The smallest absolute Gasteiger partial charge is 0.220 e. The minimum atomic E-state index is 0.142. The van der Waals surface area contributed by atoms with Crippen LogP contribution in [0.4, 0.5) is 0 Å². The molecular weight excluding hydrogens is 256 g/mol.